The van der Waals surface area contributed by atoms with Crippen molar-refractivity contribution in [3.8, 4) is 11.4 Å². The Morgan fingerprint density at radius 1 is 1.44 bits per heavy atom. The summed E-state index contributed by atoms with van der Waals surface area (Å²) in [6.07, 6.45) is 4.32. The molecule has 27 heavy (non-hydrogen) atoms. The highest BCUT2D eigenvalue weighted by Gasteiger charge is 2.36. The molecule has 3 atom stereocenters. The summed E-state index contributed by atoms with van der Waals surface area (Å²) in [6, 6.07) is 7.76. The number of aryl methyl sites for hydroxylation is 1. The second kappa shape index (κ2) is 8.41. The SMILES string of the molecule is Cc1cc(-n2cccn2)ccc1OCC1COCCC1C(C)S(=O)(=O)CN. The zero-order valence-corrected chi connectivity index (χ0v) is 16.6. The van der Waals surface area contributed by atoms with Gasteiger partial charge in [0.15, 0.2) is 9.84 Å². The first-order valence-corrected chi connectivity index (χ1v) is 10.9. The standard InChI is InChI=1S/C19H27N3O4S/c1-14-10-17(22-8-3-7-21-22)4-5-19(14)26-12-16-11-25-9-6-18(16)15(2)27(23,24)13-20/h3-5,7-8,10,15-16,18H,6,9,11-13,20H2,1-2H3. The second-order valence-corrected chi connectivity index (χ2v) is 9.44. The molecule has 0 saturated carbocycles. The van der Waals surface area contributed by atoms with Gasteiger partial charge in [0.1, 0.15) is 5.75 Å². The van der Waals surface area contributed by atoms with Crippen LogP contribution in [0.5, 0.6) is 5.75 Å². The van der Waals surface area contributed by atoms with Crippen molar-refractivity contribution >= 4 is 9.84 Å². The summed E-state index contributed by atoms with van der Waals surface area (Å²) in [4.78, 5) is 0. The van der Waals surface area contributed by atoms with Gasteiger partial charge in [-0.15, -0.1) is 0 Å². The van der Waals surface area contributed by atoms with Crippen molar-refractivity contribution < 1.29 is 17.9 Å². The number of hydrogen-bond donors (Lipinski definition) is 1. The van der Waals surface area contributed by atoms with E-state index in [1.807, 2.05) is 37.4 Å². The van der Waals surface area contributed by atoms with Gasteiger partial charge in [0.25, 0.3) is 0 Å². The van der Waals surface area contributed by atoms with Gasteiger partial charge >= 0.3 is 0 Å². The van der Waals surface area contributed by atoms with Gasteiger partial charge in [0.05, 0.1) is 30.0 Å². The topological polar surface area (TPSA) is 96.4 Å². The molecule has 1 aliphatic heterocycles. The Kier molecular flexibility index (Phi) is 6.18. The Hall–Kier alpha value is -1.90. The zero-order valence-electron chi connectivity index (χ0n) is 15.7. The van der Waals surface area contributed by atoms with Crippen LogP contribution in [0.25, 0.3) is 5.69 Å². The van der Waals surface area contributed by atoms with E-state index in [-0.39, 0.29) is 17.7 Å². The van der Waals surface area contributed by atoms with Crippen LogP contribution in [0.1, 0.15) is 18.9 Å². The summed E-state index contributed by atoms with van der Waals surface area (Å²) >= 11 is 0. The first kappa shape index (κ1) is 19.9. The minimum atomic E-state index is -3.30. The molecule has 2 heterocycles. The van der Waals surface area contributed by atoms with Crippen molar-refractivity contribution in [2.75, 3.05) is 25.7 Å². The van der Waals surface area contributed by atoms with Crippen LogP contribution < -0.4 is 10.5 Å². The average molecular weight is 394 g/mol. The minimum absolute atomic E-state index is 0.0141. The van der Waals surface area contributed by atoms with Gasteiger partial charge in [0, 0.05) is 24.9 Å². The fraction of sp³-hybridized carbons (Fsp3) is 0.526. The molecule has 7 nitrogen and oxygen atoms in total. The molecule has 0 aliphatic carbocycles. The molecule has 3 rings (SSSR count). The summed E-state index contributed by atoms with van der Waals surface area (Å²) in [7, 11) is -3.30. The van der Waals surface area contributed by atoms with Crippen molar-refractivity contribution in [1.29, 1.82) is 0 Å². The van der Waals surface area contributed by atoms with Gasteiger partial charge in [-0.1, -0.05) is 0 Å². The van der Waals surface area contributed by atoms with E-state index in [2.05, 4.69) is 5.10 Å². The number of benzene rings is 1. The summed E-state index contributed by atoms with van der Waals surface area (Å²) in [5, 5.41) is 3.73. The monoisotopic (exact) mass is 393 g/mol. The predicted octanol–water partition coefficient (Wildman–Crippen LogP) is 1.93. The molecule has 2 aromatic rings. The van der Waals surface area contributed by atoms with Crippen LogP contribution in [0.2, 0.25) is 0 Å². The van der Waals surface area contributed by atoms with Crippen LogP contribution in [0, 0.1) is 18.8 Å². The van der Waals surface area contributed by atoms with Crippen LogP contribution in [0.4, 0.5) is 0 Å². The van der Waals surface area contributed by atoms with Crippen LogP contribution in [-0.2, 0) is 14.6 Å². The maximum absolute atomic E-state index is 12.2. The highest BCUT2D eigenvalue weighted by molar-refractivity contribution is 7.91. The lowest BCUT2D eigenvalue weighted by molar-refractivity contribution is -0.00242. The van der Waals surface area contributed by atoms with Crippen LogP contribution >= 0.6 is 0 Å². The van der Waals surface area contributed by atoms with Crippen molar-refractivity contribution in [3.63, 3.8) is 0 Å². The number of nitrogens with zero attached hydrogens (tertiary/aromatic N) is 2. The van der Waals surface area contributed by atoms with Gasteiger partial charge in [0.2, 0.25) is 0 Å². The molecule has 1 saturated heterocycles. The van der Waals surface area contributed by atoms with Crippen LogP contribution in [-0.4, -0.2) is 49.1 Å². The Labute approximate surface area is 160 Å². The highest BCUT2D eigenvalue weighted by Crippen LogP contribution is 2.30. The first-order chi connectivity index (χ1) is 12.9. The van der Waals surface area contributed by atoms with E-state index in [1.54, 1.807) is 17.8 Å². The van der Waals surface area contributed by atoms with Crippen molar-refractivity contribution in [2.45, 2.75) is 25.5 Å². The molecule has 1 aromatic carbocycles. The molecule has 1 aromatic heterocycles. The molecule has 8 heteroatoms. The maximum Gasteiger partial charge on any atom is 0.165 e. The molecule has 0 amide bonds. The third-order valence-electron chi connectivity index (χ3n) is 5.32. The number of sulfone groups is 1. The Morgan fingerprint density at radius 3 is 2.93 bits per heavy atom. The minimum Gasteiger partial charge on any atom is -0.493 e. The summed E-state index contributed by atoms with van der Waals surface area (Å²) in [6.45, 7) is 5.22. The van der Waals surface area contributed by atoms with Gasteiger partial charge in [-0.25, -0.2) is 13.1 Å². The first-order valence-electron chi connectivity index (χ1n) is 9.15. The molecule has 0 radical (unpaired) electrons. The average Bonchev–Trinajstić information content (AvgIpc) is 3.21. The van der Waals surface area contributed by atoms with Crippen LogP contribution in [0.3, 0.4) is 0 Å². The van der Waals surface area contributed by atoms with E-state index >= 15 is 0 Å². The lowest BCUT2D eigenvalue weighted by Gasteiger charge is -2.35. The molecule has 0 bridgehead atoms. The van der Waals surface area contributed by atoms with Gasteiger partial charge in [-0.05, 0) is 56.0 Å². The molecule has 1 aliphatic rings. The van der Waals surface area contributed by atoms with E-state index in [0.717, 1.165) is 17.0 Å². The predicted molar refractivity (Wildman–Crippen MR) is 104 cm³/mol. The highest BCUT2D eigenvalue weighted by atomic mass is 32.2. The zero-order chi connectivity index (χ0) is 19.4. The third kappa shape index (κ3) is 4.51. The normalized spacial score (nSPS) is 21.7. The van der Waals surface area contributed by atoms with E-state index < -0.39 is 15.1 Å². The molecule has 2 N–H and O–H groups in total. The summed E-state index contributed by atoms with van der Waals surface area (Å²) in [5.74, 6) is 0.452. The summed E-state index contributed by atoms with van der Waals surface area (Å²) < 4.78 is 37.8. The van der Waals surface area contributed by atoms with Crippen molar-refractivity contribution in [2.24, 2.45) is 17.6 Å². The molecule has 148 valence electrons. The number of rotatable bonds is 7. The van der Waals surface area contributed by atoms with Crippen LogP contribution in [0.15, 0.2) is 36.7 Å². The van der Waals surface area contributed by atoms with Gasteiger partial charge in [-0.2, -0.15) is 5.10 Å². The van der Waals surface area contributed by atoms with E-state index in [0.29, 0.717) is 26.2 Å². The summed E-state index contributed by atoms with van der Waals surface area (Å²) in [5.41, 5.74) is 7.40. The fourth-order valence-electron chi connectivity index (χ4n) is 3.58. The van der Waals surface area contributed by atoms with Crippen molar-refractivity contribution in [3.05, 3.63) is 42.2 Å². The number of nitrogens with two attached hydrogens (primary N) is 1. The molecular weight excluding hydrogens is 366 g/mol. The van der Waals surface area contributed by atoms with E-state index in [4.69, 9.17) is 15.2 Å². The molecule has 1 fully saturated rings. The lowest BCUT2D eigenvalue weighted by Crippen LogP contribution is -2.42. The fourth-order valence-corrected chi connectivity index (χ4v) is 4.77. The second-order valence-electron chi connectivity index (χ2n) is 7.03. The number of hydrogen-bond acceptors (Lipinski definition) is 6. The lowest BCUT2D eigenvalue weighted by atomic mass is 9.86. The third-order valence-corrected chi connectivity index (χ3v) is 7.26. The van der Waals surface area contributed by atoms with Gasteiger partial charge in [-0.3, -0.25) is 0 Å². The van der Waals surface area contributed by atoms with E-state index in [9.17, 15) is 8.42 Å². The molecule has 0 spiro atoms. The Morgan fingerprint density at radius 2 is 2.26 bits per heavy atom. The smallest absolute Gasteiger partial charge is 0.165 e. The van der Waals surface area contributed by atoms with Gasteiger partial charge < -0.3 is 15.2 Å². The molecular formula is C19H27N3O4S. The number of aromatic nitrogens is 2. The Balaban J connectivity index is 1.69. The van der Waals surface area contributed by atoms with Crippen molar-refractivity contribution in [1.82, 2.24) is 9.78 Å². The van der Waals surface area contributed by atoms with E-state index in [1.165, 1.54) is 0 Å². The Bertz CT molecular complexity index is 852. The largest absolute Gasteiger partial charge is 0.493 e. The number of ether oxygens (including phenoxy) is 2. The maximum atomic E-state index is 12.2. The quantitative estimate of drug-likeness (QED) is 0.772. The molecule has 3 unspecified atom stereocenters.